The summed E-state index contributed by atoms with van der Waals surface area (Å²) >= 11 is 0. The fourth-order valence-corrected chi connectivity index (χ4v) is 3.73. The second kappa shape index (κ2) is 3.92. The van der Waals surface area contributed by atoms with Gasteiger partial charge in [-0.15, -0.1) is 0 Å². The average Bonchev–Trinajstić information content (AvgIpc) is 2.95. The molecule has 6 nitrogen and oxygen atoms in total. The standard InChI is InChI=1S/C12H10N2O4S/c15-12(16)10-6-9(13-14-10)8-2-1-7-3-4-19(17,18)11(7)5-8/h1-2,5-6H,3-4H2,(H,13,14)(H,15,16). The number of carboxylic acids is 1. The number of hydrogen-bond donors (Lipinski definition) is 2. The summed E-state index contributed by atoms with van der Waals surface area (Å²) in [7, 11) is -3.20. The molecular weight excluding hydrogens is 268 g/mol. The van der Waals surface area contributed by atoms with Crippen LogP contribution in [0.2, 0.25) is 0 Å². The van der Waals surface area contributed by atoms with Gasteiger partial charge >= 0.3 is 5.97 Å². The van der Waals surface area contributed by atoms with Crippen LogP contribution in [0, 0.1) is 0 Å². The van der Waals surface area contributed by atoms with Crippen molar-refractivity contribution in [3.63, 3.8) is 0 Å². The highest BCUT2D eigenvalue weighted by Crippen LogP contribution is 2.30. The number of sulfone groups is 1. The van der Waals surface area contributed by atoms with E-state index in [-0.39, 0.29) is 11.4 Å². The summed E-state index contributed by atoms with van der Waals surface area (Å²) in [6.07, 6.45) is 0.527. The molecule has 2 N–H and O–H groups in total. The van der Waals surface area contributed by atoms with Gasteiger partial charge in [-0.05, 0) is 24.1 Å². The minimum Gasteiger partial charge on any atom is -0.477 e. The number of nitrogens with one attached hydrogen (secondary N) is 1. The first-order valence-electron chi connectivity index (χ1n) is 5.62. The van der Waals surface area contributed by atoms with Gasteiger partial charge in [0.05, 0.1) is 16.3 Å². The molecule has 1 aromatic heterocycles. The summed E-state index contributed by atoms with van der Waals surface area (Å²) in [6, 6.07) is 6.44. The maximum Gasteiger partial charge on any atom is 0.353 e. The first-order valence-corrected chi connectivity index (χ1v) is 7.27. The van der Waals surface area contributed by atoms with Gasteiger partial charge in [-0.3, -0.25) is 5.10 Å². The van der Waals surface area contributed by atoms with Crippen LogP contribution in [0.15, 0.2) is 29.2 Å². The predicted molar refractivity (Wildman–Crippen MR) is 66.7 cm³/mol. The largest absolute Gasteiger partial charge is 0.477 e. The van der Waals surface area contributed by atoms with Crippen molar-refractivity contribution < 1.29 is 18.3 Å². The smallest absolute Gasteiger partial charge is 0.353 e. The van der Waals surface area contributed by atoms with Crippen molar-refractivity contribution in [3.8, 4) is 11.3 Å². The van der Waals surface area contributed by atoms with E-state index in [1.165, 1.54) is 6.07 Å². The average molecular weight is 278 g/mol. The number of aryl methyl sites for hydroxylation is 1. The summed E-state index contributed by atoms with van der Waals surface area (Å²) < 4.78 is 23.7. The third-order valence-electron chi connectivity index (χ3n) is 3.15. The van der Waals surface area contributed by atoms with E-state index in [1.54, 1.807) is 18.2 Å². The second-order valence-corrected chi connectivity index (χ2v) is 6.44. The number of carbonyl (C=O) groups is 1. The molecule has 0 amide bonds. The molecular formula is C12H10N2O4S. The number of aromatic carboxylic acids is 1. The molecule has 0 atom stereocenters. The number of hydrogen-bond acceptors (Lipinski definition) is 4. The van der Waals surface area contributed by atoms with E-state index in [4.69, 9.17) is 5.11 Å². The molecule has 2 aromatic rings. The normalized spacial score (nSPS) is 16.2. The van der Waals surface area contributed by atoms with Crippen molar-refractivity contribution in [3.05, 3.63) is 35.5 Å². The Morgan fingerprint density at radius 2 is 2.11 bits per heavy atom. The molecule has 3 rings (SSSR count). The quantitative estimate of drug-likeness (QED) is 0.857. The van der Waals surface area contributed by atoms with Gasteiger partial charge in [-0.25, -0.2) is 13.2 Å². The van der Waals surface area contributed by atoms with Gasteiger partial charge in [0, 0.05) is 5.56 Å². The summed E-state index contributed by atoms with van der Waals surface area (Å²) in [4.78, 5) is 11.1. The predicted octanol–water partition coefficient (Wildman–Crippen LogP) is 1.10. The third kappa shape index (κ3) is 1.91. The lowest BCUT2D eigenvalue weighted by Crippen LogP contribution is -1.98. The molecule has 0 saturated carbocycles. The van der Waals surface area contributed by atoms with Gasteiger partial charge in [0.15, 0.2) is 9.84 Å². The van der Waals surface area contributed by atoms with Crippen molar-refractivity contribution in [2.24, 2.45) is 0 Å². The third-order valence-corrected chi connectivity index (χ3v) is 4.94. The Kier molecular flexibility index (Phi) is 2.46. The number of fused-ring (bicyclic) bond motifs is 1. The van der Waals surface area contributed by atoms with E-state index in [2.05, 4.69) is 10.2 Å². The van der Waals surface area contributed by atoms with Crippen LogP contribution >= 0.6 is 0 Å². The molecule has 1 aromatic carbocycles. The minimum atomic E-state index is -3.20. The molecule has 1 aliphatic rings. The molecule has 1 aliphatic heterocycles. The highest BCUT2D eigenvalue weighted by Gasteiger charge is 2.26. The van der Waals surface area contributed by atoms with Gasteiger partial charge in [0.25, 0.3) is 0 Å². The zero-order valence-corrected chi connectivity index (χ0v) is 10.6. The lowest BCUT2D eigenvalue weighted by Gasteiger charge is -2.01. The molecule has 7 heteroatoms. The number of rotatable bonds is 2. The van der Waals surface area contributed by atoms with E-state index >= 15 is 0 Å². The second-order valence-electron chi connectivity index (χ2n) is 4.36. The van der Waals surface area contributed by atoms with E-state index in [0.29, 0.717) is 22.6 Å². The van der Waals surface area contributed by atoms with Gasteiger partial charge < -0.3 is 5.11 Å². The maximum absolute atomic E-state index is 11.8. The summed E-state index contributed by atoms with van der Waals surface area (Å²) in [6.45, 7) is 0. The van der Waals surface area contributed by atoms with Crippen LogP contribution in [0.4, 0.5) is 0 Å². The molecule has 98 valence electrons. The summed E-state index contributed by atoms with van der Waals surface area (Å²) in [5.41, 5.74) is 1.78. The Morgan fingerprint density at radius 3 is 2.79 bits per heavy atom. The van der Waals surface area contributed by atoms with Crippen LogP contribution in [0.3, 0.4) is 0 Å². The topological polar surface area (TPSA) is 100 Å². The first kappa shape index (κ1) is 11.9. The van der Waals surface area contributed by atoms with E-state index < -0.39 is 15.8 Å². The Balaban J connectivity index is 2.10. The Morgan fingerprint density at radius 1 is 1.32 bits per heavy atom. The van der Waals surface area contributed by atoms with Crippen LogP contribution in [-0.2, 0) is 16.3 Å². The lowest BCUT2D eigenvalue weighted by molar-refractivity contribution is 0.0690. The fraction of sp³-hybridized carbons (Fsp3) is 0.167. The number of aromatic amines is 1. The van der Waals surface area contributed by atoms with Crippen LogP contribution in [0.25, 0.3) is 11.3 Å². The van der Waals surface area contributed by atoms with Gasteiger partial charge in [-0.2, -0.15) is 5.10 Å². The monoisotopic (exact) mass is 278 g/mol. The van der Waals surface area contributed by atoms with Crippen LogP contribution in [-0.4, -0.2) is 35.4 Å². The van der Waals surface area contributed by atoms with Crippen molar-refractivity contribution in [1.82, 2.24) is 10.2 Å². The highest BCUT2D eigenvalue weighted by molar-refractivity contribution is 7.91. The van der Waals surface area contributed by atoms with Gasteiger partial charge in [-0.1, -0.05) is 12.1 Å². The lowest BCUT2D eigenvalue weighted by atomic mass is 10.1. The van der Waals surface area contributed by atoms with Crippen LogP contribution < -0.4 is 0 Å². The van der Waals surface area contributed by atoms with Gasteiger partial charge in [0.1, 0.15) is 5.69 Å². The number of carboxylic acid groups (broad SMARTS) is 1. The zero-order chi connectivity index (χ0) is 13.6. The first-order chi connectivity index (χ1) is 8.97. The fourth-order valence-electron chi connectivity index (χ4n) is 2.14. The van der Waals surface area contributed by atoms with E-state index in [0.717, 1.165) is 5.56 Å². The Hall–Kier alpha value is -2.15. The van der Waals surface area contributed by atoms with Crippen molar-refractivity contribution in [1.29, 1.82) is 0 Å². The molecule has 0 aliphatic carbocycles. The SMILES string of the molecule is O=C(O)c1cc(-c2ccc3c(c2)S(=O)(=O)CC3)n[nH]1. The number of aromatic nitrogens is 2. The molecule has 0 fully saturated rings. The van der Waals surface area contributed by atoms with E-state index in [9.17, 15) is 13.2 Å². The highest BCUT2D eigenvalue weighted by atomic mass is 32.2. The molecule has 2 heterocycles. The van der Waals surface area contributed by atoms with E-state index in [1.807, 2.05) is 0 Å². The molecule has 0 unspecified atom stereocenters. The van der Waals surface area contributed by atoms with Gasteiger partial charge in [0.2, 0.25) is 0 Å². The molecule has 19 heavy (non-hydrogen) atoms. The Labute approximate surface area is 109 Å². The number of nitrogens with zero attached hydrogens (tertiary/aromatic N) is 1. The number of H-pyrrole nitrogens is 1. The van der Waals surface area contributed by atoms with Crippen molar-refractivity contribution in [2.75, 3.05) is 5.75 Å². The Bertz CT molecular complexity index is 777. The molecule has 0 saturated heterocycles. The van der Waals surface area contributed by atoms with Crippen LogP contribution in [0.5, 0.6) is 0 Å². The maximum atomic E-state index is 11.8. The zero-order valence-electron chi connectivity index (χ0n) is 9.75. The van der Waals surface area contributed by atoms with Crippen molar-refractivity contribution in [2.45, 2.75) is 11.3 Å². The van der Waals surface area contributed by atoms with Crippen molar-refractivity contribution >= 4 is 15.8 Å². The summed E-state index contributed by atoms with van der Waals surface area (Å²) in [5.74, 6) is -0.972. The molecule has 0 radical (unpaired) electrons. The molecule has 0 bridgehead atoms. The summed E-state index contributed by atoms with van der Waals surface area (Å²) in [5, 5.41) is 15.1. The minimum absolute atomic E-state index is 0.0293. The molecule has 0 spiro atoms. The van der Waals surface area contributed by atoms with Crippen LogP contribution in [0.1, 0.15) is 16.1 Å². The number of benzene rings is 1.